The highest BCUT2D eigenvalue weighted by Crippen LogP contribution is 2.35. The fourth-order valence-electron chi connectivity index (χ4n) is 4.26. The number of benzene rings is 2. The molecule has 160 valence electrons. The largest absolute Gasteiger partial charge is 0.379 e. The monoisotopic (exact) mass is 423 g/mol. The fourth-order valence-corrected chi connectivity index (χ4v) is 4.26. The van der Waals surface area contributed by atoms with E-state index in [1.54, 1.807) is 6.20 Å². The van der Waals surface area contributed by atoms with Crippen LogP contribution in [0, 0.1) is 18.3 Å². The second kappa shape index (κ2) is 8.83. The van der Waals surface area contributed by atoms with Crippen LogP contribution in [-0.2, 0) is 11.3 Å². The molecule has 0 bridgehead atoms. The number of rotatable bonds is 5. The summed E-state index contributed by atoms with van der Waals surface area (Å²) in [7, 11) is 0. The maximum absolute atomic E-state index is 9.75. The van der Waals surface area contributed by atoms with Crippen molar-refractivity contribution in [2.45, 2.75) is 13.5 Å². The molecule has 0 radical (unpaired) electrons. The van der Waals surface area contributed by atoms with Crippen molar-refractivity contribution in [3.63, 3.8) is 0 Å². The first-order valence-corrected chi connectivity index (χ1v) is 10.8. The number of nitriles is 1. The van der Waals surface area contributed by atoms with Crippen LogP contribution in [-0.4, -0.2) is 41.2 Å². The van der Waals surface area contributed by atoms with E-state index in [2.05, 4.69) is 69.6 Å². The highest BCUT2D eigenvalue weighted by molar-refractivity contribution is 5.91. The molecule has 0 spiro atoms. The van der Waals surface area contributed by atoms with Gasteiger partial charge >= 0.3 is 0 Å². The van der Waals surface area contributed by atoms with Crippen molar-refractivity contribution in [1.82, 2.24) is 14.9 Å². The molecule has 6 nitrogen and oxygen atoms in total. The van der Waals surface area contributed by atoms with Gasteiger partial charge in [-0.15, -0.1) is 0 Å². The van der Waals surface area contributed by atoms with Crippen LogP contribution in [0.3, 0.4) is 0 Å². The third kappa shape index (κ3) is 3.96. The second-order valence-corrected chi connectivity index (χ2v) is 8.11. The first-order valence-electron chi connectivity index (χ1n) is 10.8. The molecular formula is C26H25N5O. The Morgan fingerprint density at radius 3 is 2.69 bits per heavy atom. The lowest BCUT2D eigenvalue weighted by Gasteiger charge is -2.26. The van der Waals surface area contributed by atoms with Crippen LogP contribution < -0.4 is 5.32 Å². The zero-order valence-electron chi connectivity index (χ0n) is 18.1. The minimum absolute atomic E-state index is 0.522. The maximum atomic E-state index is 9.75. The van der Waals surface area contributed by atoms with Gasteiger partial charge < -0.3 is 15.0 Å². The normalized spacial score (nSPS) is 14.4. The van der Waals surface area contributed by atoms with Gasteiger partial charge in [-0.2, -0.15) is 5.26 Å². The van der Waals surface area contributed by atoms with E-state index in [0.717, 1.165) is 71.8 Å². The van der Waals surface area contributed by atoms with Gasteiger partial charge in [0.05, 0.1) is 24.5 Å². The fraction of sp³-hybridized carbons (Fsp3) is 0.231. The molecular weight excluding hydrogens is 398 g/mol. The van der Waals surface area contributed by atoms with Gasteiger partial charge in [0.2, 0.25) is 0 Å². The molecule has 0 unspecified atom stereocenters. The number of H-pyrrole nitrogens is 1. The number of nitrogens with one attached hydrogen (secondary N) is 2. The number of aryl methyl sites for hydroxylation is 1. The number of ether oxygens (including phenoxy) is 1. The van der Waals surface area contributed by atoms with Crippen molar-refractivity contribution >= 4 is 22.3 Å². The average molecular weight is 424 g/mol. The highest BCUT2D eigenvalue weighted by atomic mass is 16.5. The lowest BCUT2D eigenvalue weighted by molar-refractivity contribution is 0.0342. The van der Waals surface area contributed by atoms with E-state index in [4.69, 9.17) is 4.74 Å². The molecule has 32 heavy (non-hydrogen) atoms. The Bertz CT molecular complexity index is 1280. The molecule has 4 aromatic rings. The van der Waals surface area contributed by atoms with E-state index in [1.165, 1.54) is 5.56 Å². The topological polar surface area (TPSA) is 77.0 Å². The molecule has 1 saturated heterocycles. The molecule has 1 fully saturated rings. The molecule has 1 aliphatic rings. The molecule has 0 atom stereocenters. The molecule has 3 heterocycles. The first kappa shape index (κ1) is 20.3. The minimum Gasteiger partial charge on any atom is -0.379 e. The van der Waals surface area contributed by atoms with E-state index in [9.17, 15) is 5.26 Å². The van der Waals surface area contributed by atoms with Gasteiger partial charge in [0.1, 0.15) is 6.07 Å². The molecule has 6 heteroatoms. The molecule has 2 aromatic carbocycles. The van der Waals surface area contributed by atoms with Crippen molar-refractivity contribution in [3.05, 3.63) is 77.7 Å². The molecule has 2 N–H and O–H groups in total. The third-order valence-corrected chi connectivity index (χ3v) is 6.10. The van der Waals surface area contributed by atoms with Crippen LogP contribution in [0.1, 0.15) is 16.7 Å². The van der Waals surface area contributed by atoms with Gasteiger partial charge in [-0.3, -0.25) is 9.88 Å². The first-order chi connectivity index (χ1) is 15.7. The van der Waals surface area contributed by atoms with Crippen LogP contribution >= 0.6 is 0 Å². The number of hydrogen-bond acceptors (Lipinski definition) is 5. The predicted octanol–water partition coefficient (Wildman–Crippen LogP) is 4.99. The SMILES string of the molecule is Cc1c(Nc2c(C#N)cncc2-c2ccc(CN3CCOCC3)cc2)ccc2[nH]ccc12. The van der Waals surface area contributed by atoms with Gasteiger partial charge in [-0.1, -0.05) is 24.3 Å². The number of pyridine rings is 1. The zero-order chi connectivity index (χ0) is 21.9. The number of aromatic nitrogens is 2. The summed E-state index contributed by atoms with van der Waals surface area (Å²) >= 11 is 0. The summed E-state index contributed by atoms with van der Waals surface area (Å²) in [5.41, 5.74) is 7.72. The Kier molecular flexibility index (Phi) is 5.59. The molecule has 0 aliphatic carbocycles. The molecule has 0 saturated carbocycles. The Morgan fingerprint density at radius 2 is 1.91 bits per heavy atom. The Balaban J connectivity index is 1.46. The van der Waals surface area contributed by atoms with Gasteiger partial charge in [0.15, 0.2) is 0 Å². The van der Waals surface area contributed by atoms with Crippen LogP contribution in [0.5, 0.6) is 0 Å². The predicted molar refractivity (Wildman–Crippen MR) is 127 cm³/mol. The summed E-state index contributed by atoms with van der Waals surface area (Å²) < 4.78 is 5.44. The Morgan fingerprint density at radius 1 is 1.09 bits per heavy atom. The smallest absolute Gasteiger partial charge is 0.103 e. The molecule has 5 rings (SSSR count). The third-order valence-electron chi connectivity index (χ3n) is 6.10. The average Bonchev–Trinajstić information content (AvgIpc) is 3.32. The molecule has 1 aliphatic heterocycles. The van der Waals surface area contributed by atoms with Crippen LogP contribution in [0.2, 0.25) is 0 Å². The van der Waals surface area contributed by atoms with Crippen molar-refractivity contribution in [1.29, 1.82) is 5.26 Å². The van der Waals surface area contributed by atoms with E-state index >= 15 is 0 Å². The number of anilines is 2. The molecule has 2 aromatic heterocycles. The lowest BCUT2D eigenvalue weighted by atomic mass is 10.0. The Hall–Kier alpha value is -3.66. The van der Waals surface area contributed by atoms with Gasteiger partial charge in [0.25, 0.3) is 0 Å². The zero-order valence-corrected chi connectivity index (χ0v) is 18.1. The van der Waals surface area contributed by atoms with Gasteiger partial charge in [-0.05, 0) is 41.8 Å². The maximum Gasteiger partial charge on any atom is 0.103 e. The number of fused-ring (bicyclic) bond motifs is 1. The number of aromatic amines is 1. The molecule has 0 amide bonds. The summed E-state index contributed by atoms with van der Waals surface area (Å²) in [6.07, 6.45) is 5.38. The second-order valence-electron chi connectivity index (χ2n) is 8.11. The highest BCUT2D eigenvalue weighted by Gasteiger charge is 2.15. The van der Waals surface area contributed by atoms with E-state index in [-0.39, 0.29) is 0 Å². The number of hydrogen-bond donors (Lipinski definition) is 2. The lowest BCUT2D eigenvalue weighted by Crippen LogP contribution is -2.35. The Labute approximate surface area is 187 Å². The summed E-state index contributed by atoms with van der Waals surface area (Å²) in [4.78, 5) is 9.98. The van der Waals surface area contributed by atoms with Crippen molar-refractivity contribution in [2.75, 3.05) is 31.6 Å². The van der Waals surface area contributed by atoms with E-state index in [1.807, 2.05) is 18.5 Å². The summed E-state index contributed by atoms with van der Waals surface area (Å²) in [6, 6.07) is 17.0. The van der Waals surface area contributed by atoms with Crippen molar-refractivity contribution < 1.29 is 4.74 Å². The summed E-state index contributed by atoms with van der Waals surface area (Å²) in [5.74, 6) is 0. The quantitative estimate of drug-likeness (QED) is 0.473. The van der Waals surface area contributed by atoms with E-state index in [0.29, 0.717) is 5.56 Å². The minimum atomic E-state index is 0.522. The summed E-state index contributed by atoms with van der Waals surface area (Å²) in [6.45, 7) is 6.54. The van der Waals surface area contributed by atoms with Crippen molar-refractivity contribution in [3.8, 4) is 17.2 Å². The van der Waals surface area contributed by atoms with Gasteiger partial charge in [0, 0.05) is 60.4 Å². The number of morpholine rings is 1. The van der Waals surface area contributed by atoms with Crippen LogP contribution in [0.25, 0.3) is 22.0 Å². The standard InChI is InChI=1S/C26H25N5O/c1-18-22-8-9-29-25(22)7-6-24(18)30-26-21(14-27)15-28-16-23(26)20-4-2-19(3-5-20)17-31-10-12-32-13-11-31/h2-9,15-16,29H,10-13,17H2,1H3,(H,28,30). The van der Waals surface area contributed by atoms with Crippen molar-refractivity contribution in [2.24, 2.45) is 0 Å². The number of nitrogens with zero attached hydrogens (tertiary/aromatic N) is 3. The van der Waals surface area contributed by atoms with Crippen LogP contribution in [0.4, 0.5) is 11.4 Å². The van der Waals surface area contributed by atoms with Crippen LogP contribution in [0.15, 0.2) is 61.1 Å². The van der Waals surface area contributed by atoms with E-state index < -0.39 is 0 Å². The van der Waals surface area contributed by atoms with Gasteiger partial charge in [-0.25, -0.2) is 0 Å². The summed E-state index contributed by atoms with van der Waals surface area (Å²) in [5, 5.41) is 14.4.